The monoisotopic (exact) mass is 1010 g/mol. The van der Waals surface area contributed by atoms with Gasteiger partial charge in [0.1, 0.15) is 0 Å². The van der Waals surface area contributed by atoms with E-state index >= 15 is 0 Å². The maximum absolute atomic E-state index is 2.59. The van der Waals surface area contributed by atoms with E-state index in [1.54, 1.807) is 16.7 Å². The quantitative estimate of drug-likeness (QED) is 0.0450. The molecule has 0 amide bonds. The van der Waals surface area contributed by atoms with Gasteiger partial charge in [-0.3, -0.25) is 0 Å². The summed E-state index contributed by atoms with van der Waals surface area (Å²) < 4.78 is 0. The molecule has 0 atom stereocenters. The fourth-order valence-corrected chi connectivity index (χ4v) is 16.9. The molecule has 0 nitrogen and oxygen atoms in total. The van der Waals surface area contributed by atoms with Crippen molar-refractivity contribution in [3.8, 4) is 70.3 Å². The molecular formula is C62H74S6. The highest BCUT2D eigenvalue weighted by Crippen LogP contribution is 2.49. The molecule has 0 saturated heterocycles. The van der Waals surface area contributed by atoms with Crippen LogP contribution in [-0.4, -0.2) is 0 Å². The minimum Gasteiger partial charge on any atom is -0.139 e. The molecule has 8 aromatic rings. The largest absolute Gasteiger partial charge is 0.139 e. The van der Waals surface area contributed by atoms with Crippen LogP contribution in [0.15, 0.2) is 97.1 Å². The lowest BCUT2D eigenvalue weighted by molar-refractivity contribution is 0.666. The van der Waals surface area contributed by atoms with Crippen LogP contribution in [0.1, 0.15) is 163 Å². The van der Waals surface area contributed by atoms with E-state index in [0.29, 0.717) is 0 Å². The van der Waals surface area contributed by atoms with E-state index in [2.05, 4.69) is 150 Å². The van der Waals surface area contributed by atoms with Crippen molar-refractivity contribution in [3.05, 3.63) is 130 Å². The van der Waals surface area contributed by atoms with Crippen molar-refractivity contribution < 1.29 is 0 Å². The normalized spacial score (nSPS) is 11.7. The van der Waals surface area contributed by atoms with E-state index < -0.39 is 0 Å². The molecule has 0 unspecified atom stereocenters. The van der Waals surface area contributed by atoms with Crippen molar-refractivity contribution in [2.24, 2.45) is 0 Å². The Kier molecular flexibility index (Phi) is 19.3. The summed E-state index contributed by atoms with van der Waals surface area (Å²) in [6.45, 7) is 13.9. The second-order valence-electron chi connectivity index (χ2n) is 19.1. The SMILES string of the molecule is CCCCCCc1cc(C)sc1-c1ccc(-c2ccc(-c3sc(-c4cc(C)cc(-c5cc(CCCCCC)c(-c6sc(-c7ccccc7)cc6CCCCCC)s5)c4)cc3CCCCCC)s2)s1. The topological polar surface area (TPSA) is 0 Å². The number of unbranched alkanes of at least 4 members (excludes halogenated alkanes) is 12. The highest BCUT2D eigenvalue weighted by atomic mass is 32.1. The first-order valence-corrected chi connectivity index (χ1v) is 31.1. The van der Waals surface area contributed by atoms with Gasteiger partial charge in [-0.05, 0) is 164 Å². The third-order valence-electron chi connectivity index (χ3n) is 13.4. The Labute approximate surface area is 434 Å². The summed E-state index contributed by atoms with van der Waals surface area (Å²) >= 11 is 12.1. The van der Waals surface area contributed by atoms with Gasteiger partial charge in [-0.2, -0.15) is 0 Å². The number of thiophene rings is 6. The summed E-state index contributed by atoms with van der Waals surface area (Å²) in [5.74, 6) is 0. The van der Waals surface area contributed by atoms with E-state index in [1.165, 1.54) is 195 Å². The minimum absolute atomic E-state index is 1.14. The molecule has 2 aromatic carbocycles. The molecule has 0 fully saturated rings. The molecule has 6 aromatic heterocycles. The Morgan fingerprint density at radius 1 is 0.294 bits per heavy atom. The van der Waals surface area contributed by atoms with Crippen LogP contribution in [0, 0.1) is 13.8 Å². The molecule has 0 saturated carbocycles. The standard InChI is InChI=1S/C62H74S6/c1-7-11-15-20-28-46-38-44(6)63-59(46)54-34-32-52(64-54)53-33-35-55(65-53)60-47(29-21-16-12-8-2)40-57(66-60)50-36-43(5)37-51(39-50)58-42-49(31-23-18-14-10-4)62(68-58)61-48(30-22-17-13-9-3)41-56(67-61)45-26-24-19-25-27-45/h19,24-27,32-42H,7-18,20-23,28-31H2,1-6H3. The Morgan fingerprint density at radius 3 is 1.13 bits per heavy atom. The third kappa shape index (κ3) is 13.1. The molecule has 0 N–H and O–H groups in total. The lowest BCUT2D eigenvalue weighted by Gasteiger charge is -2.06. The van der Waals surface area contributed by atoms with E-state index in [0.717, 1.165) is 19.3 Å². The molecule has 0 radical (unpaired) electrons. The number of benzene rings is 2. The summed E-state index contributed by atoms with van der Waals surface area (Å²) in [5.41, 5.74) is 11.6. The van der Waals surface area contributed by atoms with Crippen LogP contribution in [0.3, 0.4) is 0 Å². The molecule has 0 aliphatic heterocycles. The van der Waals surface area contributed by atoms with E-state index in [-0.39, 0.29) is 0 Å². The van der Waals surface area contributed by atoms with Crippen molar-refractivity contribution in [3.63, 3.8) is 0 Å². The predicted octanol–water partition coefficient (Wildman–Crippen LogP) is 22.8. The molecular weight excluding hydrogens is 937 g/mol. The average Bonchev–Trinajstić information content (AvgIpc) is 4.22. The summed E-state index contributed by atoms with van der Waals surface area (Å²) in [7, 11) is 0. The van der Waals surface area contributed by atoms with E-state index in [9.17, 15) is 0 Å². The summed E-state index contributed by atoms with van der Waals surface area (Å²) in [6, 6.07) is 38.2. The van der Waals surface area contributed by atoms with Gasteiger partial charge in [0, 0.05) is 58.5 Å². The lowest BCUT2D eigenvalue weighted by atomic mass is 10.00. The van der Waals surface area contributed by atoms with Crippen molar-refractivity contribution in [1.29, 1.82) is 0 Å². The zero-order chi connectivity index (χ0) is 47.2. The Balaban J connectivity index is 1.11. The van der Waals surface area contributed by atoms with Gasteiger partial charge in [0.05, 0.1) is 0 Å². The Bertz CT molecular complexity index is 2770. The number of hydrogen-bond acceptors (Lipinski definition) is 6. The molecule has 0 spiro atoms. The highest BCUT2D eigenvalue weighted by Gasteiger charge is 2.22. The number of aryl methyl sites for hydroxylation is 6. The Hall–Kier alpha value is -3.36. The third-order valence-corrected chi connectivity index (χ3v) is 21.0. The number of rotatable bonds is 27. The fourth-order valence-electron chi connectivity index (χ4n) is 9.65. The van der Waals surface area contributed by atoms with Crippen molar-refractivity contribution >= 4 is 68.0 Å². The lowest BCUT2D eigenvalue weighted by Crippen LogP contribution is -1.89. The van der Waals surface area contributed by atoms with Gasteiger partial charge in [-0.25, -0.2) is 0 Å². The summed E-state index contributed by atoms with van der Waals surface area (Å²) in [5, 5.41) is 0. The first kappa shape index (κ1) is 51.0. The Morgan fingerprint density at radius 2 is 0.676 bits per heavy atom. The smallest absolute Gasteiger partial charge is 0.0484 e. The molecule has 8 rings (SSSR count). The molecule has 6 heterocycles. The average molecular weight is 1010 g/mol. The zero-order valence-corrected chi connectivity index (χ0v) is 46.7. The van der Waals surface area contributed by atoms with Crippen molar-refractivity contribution in [1.82, 2.24) is 0 Å². The van der Waals surface area contributed by atoms with Crippen LogP contribution in [0.4, 0.5) is 0 Å². The van der Waals surface area contributed by atoms with Crippen molar-refractivity contribution in [2.75, 3.05) is 0 Å². The van der Waals surface area contributed by atoms with Crippen LogP contribution in [0.25, 0.3) is 70.3 Å². The summed E-state index contributed by atoms with van der Waals surface area (Å²) in [4.78, 5) is 17.3. The second-order valence-corrected chi connectivity index (χ2v) is 25.7. The first-order valence-electron chi connectivity index (χ1n) is 26.2. The van der Waals surface area contributed by atoms with Crippen LogP contribution >= 0.6 is 68.0 Å². The first-order chi connectivity index (χ1) is 33.3. The van der Waals surface area contributed by atoms with Gasteiger partial charge in [-0.1, -0.05) is 147 Å². The highest BCUT2D eigenvalue weighted by molar-refractivity contribution is 7.29. The van der Waals surface area contributed by atoms with Gasteiger partial charge in [0.15, 0.2) is 0 Å². The van der Waals surface area contributed by atoms with Gasteiger partial charge in [0.2, 0.25) is 0 Å². The maximum Gasteiger partial charge on any atom is 0.0484 e. The minimum atomic E-state index is 1.14. The maximum atomic E-state index is 2.59. The van der Waals surface area contributed by atoms with Crippen LogP contribution in [0.2, 0.25) is 0 Å². The van der Waals surface area contributed by atoms with Gasteiger partial charge in [-0.15, -0.1) is 68.0 Å². The molecule has 68 heavy (non-hydrogen) atoms. The van der Waals surface area contributed by atoms with Crippen LogP contribution < -0.4 is 0 Å². The second kappa shape index (κ2) is 25.7. The summed E-state index contributed by atoms with van der Waals surface area (Å²) in [6.07, 6.45) is 25.3. The number of hydrogen-bond donors (Lipinski definition) is 0. The van der Waals surface area contributed by atoms with Gasteiger partial charge >= 0.3 is 0 Å². The molecule has 358 valence electrons. The molecule has 0 aliphatic rings. The molecule has 6 heteroatoms. The zero-order valence-electron chi connectivity index (χ0n) is 41.8. The van der Waals surface area contributed by atoms with Crippen LogP contribution in [-0.2, 0) is 25.7 Å². The predicted molar refractivity (Wildman–Crippen MR) is 313 cm³/mol. The fraction of sp³-hybridized carbons (Fsp3) is 0.419. The molecule has 0 aliphatic carbocycles. The van der Waals surface area contributed by atoms with Crippen molar-refractivity contribution in [2.45, 2.75) is 170 Å². The van der Waals surface area contributed by atoms with Gasteiger partial charge < -0.3 is 0 Å². The molecule has 0 bridgehead atoms. The van der Waals surface area contributed by atoms with E-state index in [1.807, 2.05) is 56.7 Å². The van der Waals surface area contributed by atoms with Gasteiger partial charge in [0.25, 0.3) is 0 Å². The van der Waals surface area contributed by atoms with E-state index in [4.69, 9.17) is 0 Å². The van der Waals surface area contributed by atoms with Crippen LogP contribution in [0.5, 0.6) is 0 Å².